The summed E-state index contributed by atoms with van der Waals surface area (Å²) in [6.45, 7) is 1.96. The second-order valence-electron chi connectivity index (χ2n) is 10.0. The molecule has 1 aromatic carbocycles. The molecule has 5 aliphatic rings. The number of nitrogens with one attached hydrogen (secondary N) is 2. The molecule has 2 N–H and O–H groups in total. The van der Waals surface area contributed by atoms with Crippen LogP contribution in [-0.2, 0) is 19.1 Å². The molecule has 168 valence electrons. The predicted molar refractivity (Wildman–Crippen MR) is 118 cm³/mol. The number of ether oxygens (including phenoxy) is 1. The number of benzene rings is 1. The zero-order valence-electron chi connectivity index (χ0n) is 18.3. The first-order valence-electron chi connectivity index (χ1n) is 11.9. The van der Waals surface area contributed by atoms with Crippen molar-refractivity contribution in [2.75, 3.05) is 4.90 Å². The summed E-state index contributed by atoms with van der Waals surface area (Å²) >= 11 is 0. The van der Waals surface area contributed by atoms with Crippen LogP contribution in [0, 0.1) is 18.8 Å². The van der Waals surface area contributed by atoms with Crippen molar-refractivity contribution in [3.63, 3.8) is 0 Å². The maximum Gasteiger partial charge on any atom is 0.246 e. The van der Waals surface area contributed by atoms with E-state index in [4.69, 9.17) is 4.74 Å². The Morgan fingerprint density at radius 1 is 1.06 bits per heavy atom. The third-order valence-electron chi connectivity index (χ3n) is 7.73. The third kappa shape index (κ3) is 2.94. The van der Waals surface area contributed by atoms with Crippen LogP contribution in [0.1, 0.15) is 44.1 Å². The molecule has 3 heterocycles. The SMILES string of the molecule is Cc1cccc(N2C(=O)[C@@H]3[C@@H](C(=O)NC4CC4)[C@H]4C=C[C@@]3(O4)[C@H]2C(=O)NC2CCCC2)c1. The average Bonchev–Trinajstić information content (AvgIpc) is 3.12. The van der Waals surface area contributed by atoms with Crippen molar-refractivity contribution < 1.29 is 19.1 Å². The molecule has 3 amide bonds. The quantitative estimate of drug-likeness (QED) is 0.693. The van der Waals surface area contributed by atoms with Crippen molar-refractivity contribution >= 4 is 23.4 Å². The number of rotatable bonds is 5. The number of fused-ring (bicyclic) bond motifs is 1. The highest BCUT2D eigenvalue weighted by Crippen LogP contribution is 2.56. The minimum atomic E-state index is -1.11. The molecule has 0 unspecified atom stereocenters. The molecule has 0 radical (unpaired) electrons. The first-order valence-corrected chi connectivity index (χ1v) is 11.9. The average molecular weight is 436 g/mol. The molecule has 3 aliphatic heterocycles. The number of carbonyl (C=O) groups is 3. The van der Waals surface area contributed by atoms with E-state index >= 15 is 0 Å². The highest BCUT2D eigenvalue weighted by molar-refractivity contribution is 6.10. The fourth-order valence-corrected chi connectivity index (χ4v) is 6.10. The number of hydrogen-bond acceptors (Lipinski definition) is 4. The smallest absolute Gasteiger partial charge is 0.246 e. The largest absolute Gasteiger partial charge is 0.359 e. The molecule has 2 saturated heterocycles. The summed E-state index contributed by atoms with van der Waals surface area (Å²) in [6, 6.07) is 7.12. The van der Waals surface area contributed by atoms with Gasteiger partial charge in [0.15, 0.2) is 0 Å². The van der Waals surface area contributed by atoms with Gasteiger partial charge in [-0.2, -0.15) is 0 Å². The molecule has 32 heavy (non-hydrogen) atoms. The molecule has 7 nitrogen and oxygen atoms in total. The van der Waals surface area contributed by atoms with Crippen LogP contribution in [0.3, 0.4) is 0 Å². The number of hydrogen-bond donors (Lipinski definition) is 2. The van der Waals surface area contributed by atoms with E-state index in [1.54, 1.807) is 4.90 Å². The van der Waals surface area contributed by atoms with Gasteiger partial charge in [0.05, 0.1) is 17.9 Å². The zero-order chi connectivity index (χ0) is 22.0. The summed E-state index contributed by atoms with van der Waals surface area (Å²) in [5.74, 6) is -1.84. The molecule has 2 bridgehead atoms. The van der Waals surface area contributed by atoms with Crippen LogP contribution < -0.4 is 15.5 Å². The van der Waals surface area contributed by atoms with Crippen LogP contribution in [0.5, 0.6) is 0 Å². The summed E-state index contributed by atoms with van der Waals surface area (Å²) in [7, 11) is 0. The van der Waals surface area contributed by atoms with Crippen LogP contribution in [0.4, 0.5) is 5.69 Å². The molecule has 1 aromatic rings. The van der Waals surface area contributed by atoms with Gasteiger partial charge in [0.2, 0.25) is 17.7 Å². The topological polar surface area (TPSA) is 87.7 Å². The van der Waals surface area contributed by atoms with Gasteiger partial charge in [-0.1, -0.05) is 37.1 Å². The first kappa shape index (κ1) is 20.0. The lowest BCUT2D eigenvalue weighted by atomic mass is 9.74. The van der Waals surface area contributed by atoms with Gasteiger partial charge in [-0.05, 0) is 50.3 Å². The van der Waals surface area contributed by atoms with Crippen molar-refractivity contribution in [1.82, 2.24) is 10.6 Å². The fourth-order valence-electron chi connectivity index (χ4n) is 6.10. The van der Waals surface area contributed by atoms with Crippen molar-refractivity contribution in [2.24, 2.45) is 11.8 Å². The Labute approximate surface area is 187 Å². The van der Waals surface area contributed by atoms with Gasteiger partial charge in [0.25, 0.3) is 0 Å². The van der Waals surface area contributed by atoms with Gasteiger partial charge in [-0.15, -0.1) is 0 Å². The molecular formula is C25H29N3O4. The number of anilines is 1. The number of carbonyl (C=O) groups excluding carboxylic acids is 3. The van der Waals surface area contributed by atoms with E-state index in [2.05, 4.69) is 10.6 Å². The Morgan fingerprint density at radius 2 is 1.78 bits per heavy atom. The summed E-state index contributed by atoms with van der Waals surface area (Å²) < 4.78 is 6.37. The maximum atomic E-state index is 13.9. The number of aryl methyl sites for hydroxylation is 1. The van der Waals surface area contributed by atoms with Gasteiger partial charge in [-0.3, -0.25) is 19.3 Å². The lowest BCUT2D eigenvalue weighted by Gasteiger charge is -2.33. The van der Waals surface area contributed by atoms with E-state index in [0.717, 1.165) is 44.1 Å². The van der Waals surface area contributed by atoms with E-state index < -0.39 is 29.6 Å². The molecule has 7 heteroatoms. The lowest BCUT2D eigenvalue weighted by Crippen LogP contribution is -2.56. The monoisotopic (exact) mass is 435 g/mol. The highest BCUT2D eigenvalue weighted by Gasteiger charge is 2.73. The molecule has 5 atom stereocenters. The van der Waals surface area contributed by atoms with E-state index in [0.29, 0.717) is 5.69 Å². The van der Waals surface area contributed by atoms with Gasteiger partial charge >= 0.3 is 0 Å². The molecule has 4 fully saturated rings. The lowest BCUT2D eigenvalue weighted by molar-refractivity contribution is -0.132. The van der Waals surface area contributed by atoms with E-state index in [-0.39, 0.29) is 29.8 Å². The summed E-state index contributed by atoms with van der Waals surface area (Å²) in [6.07, 6.45) is 9.35. The van der Waals surface area contributed by atoms with Crippen LogP contribution in [-0.4, -0.2) is 47.6 Å². The molecule has 2 aliphatic carbocycles. The van der Waals surface area contributed by atoms with Crippen LogP contribution >= 0.6 is 0 Å². The Morgan fingerprint density at radius 3 is 2.50 bits per heavy atom. The minimum Gasteiger partial charge on any atom is -0.359 e. The molecule has 0 aromatic heterocycles. The van der Waals surface area contributed by atoms with Crippen molar-refractivity contribution in [3.8, 4) is 0 Å². The summed E-state index contributed by atoms with van der Waals surface area (Å²) in [5.41, 5.74) is 0.565. The third-order valence-corrected chi connectivity index (χ3v) is 7.73. The number of nitrogens with zero attached hydrogens (tertiary/aromatic N) is 1. The highest BCUT2D eigenvalue weighted by atomic mass is 16.5. The fraction of sp³-hybridized carbons (Fsp3) is 0.560. The zero-order valence-corrected chi connectivity index (χ0v) is 18.3. The Balaban J connectivity index is 1.40. The van der Waals surface area contributed by atoms with Crippen LogP contribution in [0.25, 0.3) is 0 Å². The van der Waals surface area contributed by atoms with Gasteiger partial charge in [0.1, 0.15) is 11.6 Å². The van der Waals surface area contributed by atoms with Gasteiger partial charge in [-0.25, -0.2) is 0 Å². The molecule has 1 spiro atoms. The van der Waals surface area contributed by atoms with E-state index in [1.165, 1.54) is 0 Å². The predicted octanol–water partition coefficient (Wildman–Crippen LogP) is 1.99. The maximum absolute atomic E-state index is 13.9. The van der Waals surface area contributed by atoms with Gasteiger partial charge < -0.3 is 15.4 Å². The molecule has 2 saturated carbocycles. The molecular weight excluding hydrogens is 406 g/mol. The Kier molecular flexibility index (Phi) is 4.47. The molecule has 6 rings (SSSR count). The standard InChI is InChI=1S/C25H29N3O4/c1-14-5-4-8-17(13-14)28-21(23(30)27-15-6-2-3-7-15)25-12-11-18(32-25)19(20(25)24(28)31)22(29)26-16-9-10-16/h4-5,8,11-13,15-16,18-21H,2-3,6-7,9-10H2,1H3,(H,26,29)(H,27,30)/t18-,19+,20+,21-,25+/m1/s1. The summed E-state index contributed by atoms with van der Waals surface area (Å²) in [4.78, 5) is 42.3. The van der Waals surface area contributed by atoms with Crippen LogP contribution in [0.15, 0.2) is 36.4 Å². The normalized spacial score (nSPS) is 35.4. The number of amides is 3. The first-order chi connectivity index (χ1) is 15.5. The van der Waals surface area contributed by atoms with Crippen molar-refractivity contribution in [1.29, 1.82) is 0 Å². The minimum absolute atomic E-state index is 0.129. The van der Waals surface area contributed by atoms with Crippen molar-refractivity contribution in [3.05, 3.63) is 42.0 Å². The Hall–Kier alpha value is -2.67. The van der Waals surface area contributed by atoms with Crippen molar-refractivity contribution in [2.45, 2.75) is 75.3 Å². The second-order valence-corrected chi connectivity index (χ2v) is 10.0. The van der Waals surface area contributed by atoms with Crippen LogP contribution in [0.2, 0.25) is 0 Å². The Bertz CT molecular complexity index is 1010. The van der Waals surface area contributed by atoms with Gasteiger partial charge in [0, 0.05) is 17.8 Å². The van der Waals surface area contributed by atoms with E-state index in [9.17, 15) is 14.4 Å². The van der Waals surface area contributed by atoms with E-state index in [1.807, 2.05) is 43.3 Å². The summed E-state index contributed by atoms with van der Waals surface area (Å²) in [5, 5.41) is 6.24. The second kappa shape index (κ2) is 7.17.